The van der Waals surface area contributed by atoms with Crippen molar-refractivity contribution in [3.05, 3.63) is 41.7 Å². The Morgan fingerprint density at radius 1 is 1.33 bits per heavy atom. The number of carbonyl (C=O) groups excluding carboxylic acids is 1. The Hall–Kier alpha value is -2.30. The van der Waals surface area contributed by atoms with E-state index in [0.29, 0.717) is 17.9 Å². The Labute approximate surface area is 125 Å². The van der Waals surface area contributed by atoms with Crippen molar-refractivity contribution in [2.45, 2.75) is 26.7 Å². The van der Waals surface area contributed by atoms with Gasteiger partial charge in [0.15, 0.2) is 0 Å². The molecule has 0 bridgehead atoms. The standard InChI is InChI=1S/C16H22N4O/c1-4-10-20(14-9-7-6-8-13(14)17)16(21)15-11-12(5-2)18-19(15)3/h6-9,11H,4-5,10,17H2,1-3H3. The summed E-state index contributed by atoms with van der Waals surface area (Å²) in [6, 6.07) is 9.30. The normalized spacial score (nSPS) is 10.6. The summed E-state index contributed by atoms with van der Waals surface area (Å²) in [6.07, 6.45) is 1.67. The predicted octanol–water partition coefficient (Wildman–Crippen LogP) is 2.62. The van der Waals surface area contributed by atoms with E-state index in [1.54, 1.807) is 16.6 Å². The quantitative estimate of drug-likeness (QED) is 0.859. The van der Waals surface area contributed by atoms with E-state index in [9.17, 15) is 4.79 Å². The highest BCUT2D eigenvalue weighted by Gasteiger charge is 2.22. The van der Waals surface area contributed by atoms with Gasteiger partial charge in [0, 0.05) is 13.6 Å². The maximum absolute atomic E-state index is 12.8. The van der Waals surface area contributed by atoms with Crippen molar-refractivity contribution in [3.63, 3.8) is 0 Å². The molecule has 0 saturated carbocycles. The first kappa shape index (κ1) is 15.1. The topological polar surface area (TPSA) is 64.2 Å². The van der Waals surface area contributed by atoms with Crippen molar-refractivity contribution >= 4 is 17.3 Å². The number of aryl methyl sites for hydroxylation is 2. The molecule has 0 atom stereocenters. The Morgan fingerprint density at radius 3 is 2.62 bits per heavy atom. The van der Waals surface area contributed by atoms with E-state index in [-0.39, 0.29) is 5.91 Å². The van der Waals surface area contributed by atoms with Crippen molar-refractivity contribution in [2.24, 2.45) is 7.05 Å². The number of aromatic nitrogens is 2. The van der Waals surface area contributed by atoms with Crippen LogP contribution in [0.4, 0.5) is 11.4 Å². The monoisotopic (exact) mass is 286 g/mol. The molecule has 0 radical (unpaired) electrons. The molecule has 5 nitrogen and oxygen atoms in total. The van der Waals surface area contributed by atoms with Gasteiger partial charge in [-0.3, -0.25) is 9.48 Å². The first-order valence-corrected chi connectivity index (χ1v) is 7.27. The largest absolute Gasteiger partial charge is 0.397 e. The first-order chi connectivity index (χ1) is 10.1. The van der Waals surface area contributed by atoms with Crippen molar-refractivity contribution in [1.29, 1.82) is 0 Å². The highest BCUT2D eigenvalue weighted by molar-refractivity contribution is 6.06. The highest BCUT2D eigenvalue weighted by Crippen LogP contribution is 2.24. The van der Waals surface area contributed by atoms with Crippen LogP contribution in [-0.4, -0.2) is 22.2 Å². The van der Waals surface area contributed by atoms with Crippen LogP contribution in [0, 0.1) is 0 Å². The number of hydrogen-bond acceptors (Lipinski definition) is 3. The summed E-state index contributed by atoms with van der Waals surface area (Å²) in [5, 5.41) is 4.35. The molecule has 0 fully saturated rings. The van der Waals surface area contributed by atoms with Gasteiger partial charge in [-0.2, -0.15) is 5.10 Å². The molecule has 1 aromatic heterocycles. The van der Waals surface area contributed by atoms with Crippen molar-refractivity contribution in [1.82, 2.24) is 9.78 Å². The van der Waals surface area contributed by atoms with E-state index in [1.807, 2.05) is 44.2 Å². The number of rotatable bonds is 5. The Morgan fingerprint density at radius 2 is 2.05 bits per heavy atom. The lowest BCUT2D eigenvalue weighted by Crippen LogP contribution is -2.33. The summed E-state index contributed by atoms with van der Waals surface area (Å²) in [5.41, 5.74) is 8.88. The lowest BCUT2D eigenvalue weighted by atomic mass is 10.2. The van der Waals surface area contributed by atoms with Gasteiger partial charge in [-0.15, -0.1) is 0 Å². The lowest BCUT2D eigenvalue weighted by molar-refractivity contribution is 0.0978. The SMILES string of the molecule is CCCN(C(=O)c1cc(CC)nn1C)c1ccccc1N. The molecule has 21 heavy (non-hydrogen) atoms. The second-order valence-corrected chi connectivity index (χ2v) is 5.01. The third kappa shape index (κ3) is 3.07. The van der Waals surface area contributed by atoms with Gasteiger partial charge in [0.2, 0.25) is 0 Å². The van der Waals surface area contributed by atoms with Crippen LogP contribution >= 0.6 is 0 Å². The maximum Gasteiger partial charge on any atom is 0.276 e. The zero-order valence-electron chi connectivity index (χ0n) is 12.8. The van der Waals surface area contributed by atoms with Crippen LogP contribution in [0.1, 0.15) is 36.5 Å². The summed E-state index contributed by atoms with van der Waals surface area (Å²) >= 11 is 0. The molecule has 1 amide bonds. The maximum atomic E-state index is 12.8. The molecule has 5 heteroatoms. The molecule has 0 aliphatic carbocycles. The van der Waals surface area contributed by atoms with E-state index >= 15 is 0 Å². The number of carbonyl (C=O) groups is 1. The summed E-state index contributed by atoms with van der Waals surface area (Å²) < 4.78 is 1.64. The number of para-hydroxylation sites is 2. The fraction of sp³-hybridized carbons (Fsp3) is 0.375. The summed E-state index contributed by atoms with van der Waals surface area (Å²) in [5.74, 6) is -0.0653. The number of amides is 1. The van der Waals surface area contributed by atoms with Crippen LogP contribution in [0.2, 0.25) is 0 Å². The van der Waals surface area contributed by atoms with Gasteiger partial charge < -0.3 is 10.6 Å². The average molecular weight is 286 g/mol. The fourth-order valence-electron chi connectivity index (χ4n) is 2.33. The van der Waals surface area contributed by atoms with Gasteiger partial charge in [-0.1, -0.05) is 26.0 Å². The summed E-state index contributed by atoms with van der Waals surface area (Å²) in [4.78, 5) is 14.6. The molecule has 1 aromatic carbocycles. The molecule has 0 spiro atoms. The minimum atomic E-state index is -0.0653. The van der Waals surface area contributed by atoms with Gasteiger partial charge in [0.1, 0.15) is 5.69 Å². The van der Waals surface area contributed by atoms with E-state index in [0.717, 1.165) is 24.2 Å². The molecule has 0 aliphatic heterocycles. The molecule has 0 aliphatic rings. The number of nitrogen functional groups attached to an aromatic ring is 1. The van der Waals surface area contributed by atoms with Crippen LogP contribution in [-0.2, 0) is 13.5 Å². The zero-order valence-corrected chi connectivity index (χ0v) is 12.8. The minimum absolute atomic E-state index is 0.0653. The second kappa shape index (κ2) is 6.43. The van der Waals surface area contributed by atoms with Crippen molar-refractivity contribution < 1.29 is 4.79 Å². The van der Waals surface area contributed by atoms with Gasteiger partial charge in [0.25, 0.3) is 5.91 Å². The number of hydrogen-bond donors (Lipinski definition) is 1. The van der Waals surface area contributed by atoms with Crippen LogP contribution < -0.4 is 10.6 Å². The minimum Gasteiger partial charge on any atom is -0.397 e. The van der Waals surface area contributed by atoms with Gasteiger partial charge in [0.05, 0.1) is 17.1 Å². The molecular formula is C16H22N4O. The summed E-state index contributed by atoms with van der Waals surface area (Å²) in [7, 11) is 1.80. The molecule has 2 rings (SSSR count). The Bertz CT molecular complexity index is 633. The number of anilines is 2. The molecule has 1 heterocycles. The van der Waals surface area contributed by atoms with E-state index < -0.39 is 0 Å². The smallest absolute Gasteiger partial charge is 0.276 e. The van der Waals surface area contributed by atoms with E-state index in [1.165, 1.54) is 0 Å². The van der Waals surface area contributed by atoms with Gasteiger partial charge in [-0.25, -0.2) is 0 Å². The first-order valence-electron chi connectivity index (χ1n) is 7.27. The lowest BCUT2D eigenvalue weighted by Gasteiger charge is -2.23. The summed E-state index contributed by atoms with van der Waals surface area (Å²) in [6.45, 7) is 4.69. The number of benzene rings is 1. The van der Waals surface area contributed by atoms with Gasteiger partial charge in [-0.05, 0) is 31.0 Å². The Kier molecular flexibility index (Phi) is 4.62. The van der Waals surface area contributed by atoms with Crippen LogP contribution in [0.3, 0.4) is 0 Å². The van der Waals surface area contributed by atoms with Gasteiger partial charge >= 0.3 is 0 Å². The molecular weight excluding hydrogens is 264 g/mol. The highest BCUT2D eigenvalue weighted by atomic mass is 16.2. The molecule has 0 unspecified atom stereocenters. The third-order valence-corrected chi connectivity index (χ3v) is 3.43. The third-order valence-electron chi connectivity index (χ3n) is 3.43. The van der Waals surface area contributed by atoms with E-state index in [4.69, 9.17) is 5.73 Å². The predicted molar refractivity (Wildman–Crippen MR) is 85.4 cm³/mol. The fourth-order valence-corrected chi connectivity index (χ4v) is 2.33. The van der Waals surface area contributed by atoms with Crippen molar-refractivity contribution in [3.8, 4) is 0 Å². The van der Waals surface area contributed by atoms with Crippen LogP contribution in [0.15, 0.2) is 30.3 Å². The van der Waals surface area contributed by atoms with Crippen molar-refractivity contribution in [2.75, 3.05) is 17.2 Å². The molecule has 2 aromatic rings. The van der Waals surface area contributed by atoms with Crippen LogP contribution in [0.25, 0.3) is 0 Å². The zero-order chi connectivity index (χ0) is 15.4. The van der Waals surface area contributed by atoms with Crippen LogP contribution in [0.5, 0.6) is 0 Å². The number of nitrogens with two attached hydrogens (primary N) is 1. The number of nitrogens with zero attached hydrogens (tertiary/aromatic N) is 3. The molecule has 112 valence electrons. The van der Waals surface area contributed by atoms with E-state index in [2.05, 4.69) is 5.10 Å². The Balaban J connectivity index is 2.40. The average Bonchev–Trinajstić information content (AvgIpc) is 2.86. The molecule has 0 saturated heterocycles. The second-order valence-electron chi connectivity index (χ2n) is 5.01. The molecule has 2 N–H and O–H groups in total.